The molecule has 1 N–H and O–H groups in total. The molecule has 0 bridgehead atoms. The summed E-state index contributed by atoms with van der Waals surface area (Å²) in [4.78, 5) is 12.1. The Hall–Kier alpha value is -2.33. The number of halogens is 1. The van der Waals surface area contributed by atoms with Gasteiger partial charge in [0.2, 0.25) is 5.91 Å². The lowest BCUT2D eigenvalue weighted by Gasteiger charge is -2.14. The van der Waals surface area contributed by atoms with E-state index in [1.807, 2.05) is 19.1 Å². The first-order valence-electron chi connectivity index (χ1n) is 8.22. The highest BCUT2D eigenvalue weighted by molar-refractivity contribution is 7.99. The molecule has 0 aliphatic carbocycles. The number of hydrogen-bond donors (Lipinski definition) is 1. The average molecular weight is 353 g/mol. The minimum absolute atomic E-state index is 0.0120. The van der Waals surface area contributed by atoms with Gasteiger partial charge in [-0.3, -0.25) is 4.79 Å². The van der Waals surface area contributed by atoms with E-state index < -0.39 is 0 Å². The van der Waals surface area contributed by atoms with Crippen molar-refractivity contribution in [1.82, 2.24) is 5.32 Å². The predicted octanol–water partition coefficient (Wildman–Crippen LogP) is 5.09. The Kier molecular flexibility index (Phi) is 5.71. The van der Waals surface area contributed by atoms with Gasteiger partial charge in [0.05, 0.1) is 11.8 Å². The molecular weight excluding hydrogens is 333 g/mol. The minimum atomic E-state index is -0.270. The Bertz CT molecular complexity index is 858. The van der Waals surface area contributed by atoms with Crippen LogP contribution in [-0.4, -0.2) is 11.7 Å². The molecular formula is C21H20FNOS. The summed E-state index contributed by atoms with van der Waals surface area (Å²) in [6.45, 7) is 1.90. The SMILES string of the molecule is C[C@@H](NC(=O)CSCc1cccc2ccccc12)c1ccc(F)cc1. The molecule has 1 amide bonds. The molecule has 0 heterocycles. The van der Waals surface area contributed by atoms with E-state index in [1.54, 1.807) is 23.9 Å². The first kappa shape index (κ1) is 17.5. The fraction of sp³-hybridized carbons (Fsp3) is 0.190. The van der Waals surface area contributed by atoms with Gasteiger partial charge in [0, 0.05) is 5.75 Å². The van der Waals surface area contributed by atoms with E-state index >= 15 is 0 Å². The van der Waals surface area contributed by atoms with Crippen LogP contribution in [0.25, 0.3) is 10.8 Å². The van der Waals surface area contributed by atoms with Gasteiger partial charge in [-0.15, -0.1) is 11.8 Å². The number of rotatable bonds is 6. The summed E-state index contributed by atoms with van der Waals surface area (Å²) in [7, 11) is 0. The van der Waals surface area contributed by atoms with E-state index in [0.717, 1.165) is 11.3 Å². The third kappa shape index (κ3) is 4.60. The van der Waals surface area contributed by atoms with Crippen molar-refractivity contribution in [2.24, 2.45) is 0 Å². The van der Waals surface area contributed by atoms with Crippen LogP contribution >= 0.6 is 11.8 Å². The molecule has 4 heteroatoms. The highest BCUT2D eigenvalue weighted by Gasteiger charge is 2.10. The van der Waals surface area contributed by atoms with Crippen molar-refractivity contribution in [3.8, 4) is 0 Å². The van der Waals surface area contributed by atoms with Crippen LogP contribution < -0.4 is 5.32 Å². The van der Waals surface area contributed by atoms with Crippen molar-refractivity contribution in [2.75, 3.05) is 5.75 Å². The highest BCUT2D eigenvalue weighted by atomic mass is 32.2. The molecule has 1 atom stereocenters. The highest BCUT2D eigenvalue weighted by Crippen LogP contribution is 2.22. The molecule has 0 radical (unpaired) electrons. The first-order valence-corrected chi connectivity index (χ1v) is 9.38. The van der Waals surface area contributed by atoms with E-state index in [-0.39, 0.29) is 17.8 Å². The quantitative estimate of drug-likeness (QED) is 0.669. The molecule has 0 saturated heterocycles. The number of amides is 1. The predicted molar refractivity (Wildman–Crippen MR) is 103 cm³/mol. The number of carbonyl (C=O) groups excluding carboxylic acids is 1. The van der Waals surface area contributed by atoms with Crippen molar-refractivity contribution in [2.45, 2.75) is 18.7 Å². The molecule has 3 rings (SSSR count). The van der Waals surface area contributed by atoms with E-state index in [2.05, 4.69) is 35.6 Å². The van der Waals surface area contributed by atoms with Crippen molar-refractivity contribution < 1.29 is 9.18 Å². The van der Waals surface area contributed by atoms with Gasteiger partial charge in [-0.2, -0.15) is 0 Å². The van der Waals surface area contributed by atoms with E-state index in [4.69, 9.17) is 0 Å². The lowest BCUT2D eigenvalue weighted by atomic mass is 10.1. The molecule has 0 fully saturated rings. The Morgan fingerprint density at radius 3 is 2.56 bits per heavy atom. The van der Waals surface area contributed by atoms with Crippen LogP contribution in [0.15, 0.2) is 66.7 Å². The fourth-order valence-corrected chi connectivity index (χ4v) is 3.63. The van der Waals surface area contributed by atoms with Crippen molar-refractivity contribution in [1.29, 1.82) is 0 Å². The van der Waals surface area contributed by atoms with Gasteiger partial charge in [-0.05, 0) is 41.0 Å². The maximum absolute atomic E-state index is 13.0. The van der Waals surface area contributed by atoms with Gasteiger partial charge >= 0.3 is 0 Å². The van der Waals surface area contributed by atoms with Crippen LogP contribution in [0.3, 0.4) is 0 Å². The smallest absolute Gasteiger partial charge is 0.230 e. The number of nitrogens with one attached hydrogen (secondary N) is 1. The Labute approximate surface area is 151 Å². The van der Waals surface area contributed by atoms with Gasteiger partial charge in [-0.25, -0.2) is 4.39 Å². The van der Waals surface area contributed by atoms with Gasteiger partial charge in [0.25, 0.3) is 0 Å². The molecule has 0 saturated carbocycles. The van der Waals surface area contributed by atoms with Crippen molar-refractivity contribution in [3.63, 3.8) is 0 Å². The van der Waals surface area contributed by atoms with Crippen LogP contribution in [0, 0.1) is 5.82 Å². The second-order valence-electron chi connectivity index (χ2n) is 5.97. The van der Waals surface area contributed by atoms with Crippen molar-refractivity contribution in [3.05, 3.63) is 83.7 Å². The second-order valence-corrected chi connectivity index (χ2v) is 6.96. The molecule has 25 heavy (non-hydrogen) atoms. The zero-order valence-corrected chi connectivity index (χ0v) is 14.9. The van der Waals surface area contributed by atoms with Gasteiger partial charge < -0.3 is 5.32 Å². The van der Waals surface area contributed by atoms with Gasteiger partial charge in [0.15, 0.2) is 0 Å². The van der Waals surface area contributed by atoms with Crippen LogP contribution in [0.1, 0.15) is 24.1 Å². The maximum atomic E-state index is 13.0. The van der Waals surface area contributed by atoms with Gasteiger partial charge in [-0.1, -0.05) is 54.6 Å². The van der Waals surface area contributed by atoms with Crippen molar-refractivity contribution >= 4 is 28.4 Å². The monoisotopic (exact) mass is 353 g/mol. The number of carbonyl (C=O) groups is 1. The third-order valence-corrected chi connectivity index (χ3v) is 5.10. The normalized spacial score (nSPS) is 12.1. The van der Waals surface area contributed by atoms with Crippen LogP contribution in [0.2, 0.25) is 0 Å². The van der Waals surface area contributed by atoms with Crippen LogP contribution in [-0.2, 0) is 10.5 Å². The van der Waals surface area contributed by atoms with Crippen LogP contribution in [0.4, 0.5) is 4.39 Å². The minimum Gasteiger partial charge on any atom is -0.349 e. The fourth-order valence-electron chi connectivity index (χ4n) is 2.79. The lowest BCUT2D eigenvalue weighted by Crippen LogP contribution is -2.28. The third-order valence-electron chi connectivity index (χ3n) is 4.12. The number of fused-ring (bicyclic) bond motifs is 1. The lowest BCUT2D eigenvalue weighted by molar-refractivity contribution is -0.119. The zero-order chi connectivity index (χ0) is 17.6. The van der Waals surface area contributed by atoms with E-state index in [0.29, 0.717) is 5.75 Å². The van der Waals surface area contributed by atoms with Crippen LogP contribution in [0.5, 0.6) is 0 Å². The molecule has 3 aromatic carbocycles. The summed E-state index contributed by atoms with van der Waals surface area (Å²) in [5, 5.41) is 5.41. The summed E-state index contributed by atoms with van der Waals surface area (Å²) in [6.07, 6.45) is 0. The zero-order valence-electron chi connectivity index (χ0n) is 14.0. The first-order chi connectivity index (χ1) is 12.1. The Balaban J connectivity index is 1.53. The standard InChI is InChI=1S/C21H20FNOS/c1-15(16-9-11-19(22)12-10-16)23-21(24)14-25-13-18-7-4-6-17-5-2-3-8-20(17)18/h2-12,15H,13-14H2,1H3,(H,23,24)/t15-/m1/s1. The number of benzene rings is 3. The largest absolute Gasteiger partial charge is 0.349 e. The molecule has 0 aliphatic heterocycles. The summed E-state index contributed by atoms with van der Waals surface area (Å²) in [5.74, 6) is 0.907. The summed E-state index contributed by atoms with van der Waals surface area (Å²) >= 11 is 1.60. The maximum Gasteiger partial charge on any atom is 0.230 e. The number of thioether (sulfide) groups is 1. The summed E-state index contributed by atoms with van der Waals surface area (Å²) in [6, 6.07) is 20.6. The molecule has 0 spiro atoms. The Morgan fingerprint density at radius 1 is 1.04 bits per heavy atom. The summed E-state index contributed by atoms with van der Waals surface area (Å²) in [5.41, 5.74) is 2.14. The molecule has 3 aromatic rings. The summed E-state index contributed by atoms with van der Waals surface area (Å²) < 4.78 is 13.0. The molecule has 0 unspecified atom stereocenters. The molecule has 2 nitrogen and oxygen atoms in total. The second kappa shape index (κ2) is 8.17. The molecule has 0 aliphatic rings. The number of hydrogen-bond acceptors (Lipinski definition) is 2. The Morgan fingerprint density at radius 2 is 1.76 bits per heavy atom. The van der Waals surface area contributed by atoms with E-state index in [9.17, 15) is 9.18 Å². The van der Waals surface area contributed by atoms with Gasteiger partial charge in [0.1, 0.15) is 5.82 Å². The molecule has 0 aromatic heterocycles. The molecule has 128 valence electrons. The topological polar surface area (TPSA) is 29.1 Å². The average Bonchev–Trinajstić information content (AvgIpc) is 2.62. The van der Waals surface area contributed by atoms with E-state index in [1.165, 1.54) is 28.5 Å².